The Labute approximate surface area is 132 Å². The molecule has 1 aromatic carbocycles. The Hall–Kier alpha value is -2.04. The van der Waals surface area contributed by atoms with E-state index in [0.29, 0.717) is 22.3 Å². The molecule has 108 valence electrons. The van der Waals surface area contributed by atoms with Crippen LogP contribution in [-0.2, 0) is 0 Å². The van der Waals surface area contributed by atoms with Gasteiger partial charge in [-0.2, -0.15) is 0 Å². The third-order valence-corrected chi connectivity index (χ3v) is 3.35. The maximum Gasteiger partial charge on any atom is 0.270 e. The average molecular weight is 322 g/mol. The molecule has 0 atom stereocenters. The van der Waals surface area contributed by atoms with Gasteiger partial charge in [-0.15, -0.1) is 6.58 Å². The maximum atomic E-state index is 11.8. The van der Waals surface area contributed by atoms with Gasteiger partial charge in [0.05, 0.1) is 10.0 Å². The summed E-state index contributed by atoms with van der Waals surface area (Å²) in [5.74, 6) is -0.257. The second kappa shape index (κ2) is 7.11. The molecule has 0 spiro atoms. The minimum absolute atomic E-state index is 0.257. The summed E-state index contributed by atoms with van der Waals surface area (Å²) in [6, 6.07) is 8.62. The van der Waals surface area contributed by atoms with Crippen molar-refractivity contribution in [3.8, 4) is 0 Å². The van der Waals surface area contributed by atoms with Gasteiger partial charge in [0.25, 0.3) is 5.91 Å². The normalized spacial score (nSPS) is 10.0. The number of nitrogens with one attached hydrogen (secondary N) is 2. The van der Waals surface area contributed by atoms with E-state index in [0.717, 1.165) is 11.4 Å². The Kier molecular flexibility index (Phi) is 5.20. The van der Waals surface area contributed by atoms with Gasteiger partial charge in [-0.05, 0) is 30.3 Å². The highest BCUT2D eigenvalue weighted by Gasteiger charge is 2.07. The molecule has 6 heteroatoms. The van der Waals surface area contributed by atoms with Crippen LogP contribution in [0, 0.1) is 0 Å². The van der Waals surface area contributed by atoms with Gasteiger partial charge in [0.15, 0.2) is 0 Å². The topological polar surface area (TPSA) is 54.0 Å². The van der Waals surface area contributed by atoms with Crippen molar-refractivity contribution in [2.75, 3.05) is 11.9 Å². The molecule has 1 amide bonds. The van der Waals surface area contributed by atoms with E-state index in [1.165, 1.54) is 0 Å². The van der Waals surface area contributed by atoms with Gasteiger partial charge in [0.2, 0.25) is 0 Å². The number of carbonyl (C=O) groups is 1. The summed E-state index contributed by atoms with van der Waals surface area (Å²) < 4.78 is 0. The second-order valence-corrected chi connectivity index (χ2v) is 5.00. The minimum atomic E-state index is -0.257. The molecule has 0 radical (unpaired) electrons. The van der Waals surface area contributed by atoms with Crippen LogP contribution in [0.1, 0.15) is 10.5 Å². The summed E-state index contributed by atoms with van der Waals surface area (Å²) in [6.07, 6.45) is 3.17. The summed E-state index contributed by atoms with van der Waals surface area (Å²) in [6.45, 7) is 3.94. The summed E-state index contributed by atoms with van der Waals surface area (Å²) in [5.41, 5.74) is 1.82. The zero-order valence-electron chi connectivity index (χ0n) is 11.1. The fraction of sp³-hybridized carbons (Fsp3) is 0.0667. The van der Waals surface area contributed by atoms with Crippen LogP contribution in [0.15, 0.2) is 49.2 Å². The summed E-state index contributed by atoms with van der Waals surface area (Å²) >= 11 is 11.8. The molecule has 0 saturated carbocycles. The summed E-state index contributed by atoms with van der Waals surface area (Å²) in [7, 11) is 0. The first kappa shape index (κ1) is 15.4. The quantitative estimate of drug-likeness (QED) is 0.817. The zero-order valence-corrected chi connectivity index (χ0v) is 12.6. The van der Waals surface area contributed by atoms with Crippen molar-refractivity contribution in [2.45, 2.75) is 0 Å². The summed E-state index contributed by atoms with van der Waals surface area (Å²) in [5, 5.41) is 6.76. The van der Waals surface area contributed by atoms with Crippen molar-refractivity contribution < 1.29 is 4.79 Å². The van der Waals surface area contributed by atoms with E-state index in [9.17, 15) is 4.79 Å². The highest BCUT2D eigenvalue weighted by atomic mass is 35.5. The molecule has 0 bridgehead atoms. The number of hydrogen-bond acceptors (Lipinski definition) is 3. The second-order valence-electron chi connectivity index (χ2n) is 4.18. The number of rotatable bonds is 5. The molecule has 0 aliphatic heterocycles. The lowest BCUT2D eigenvalue weighted by molar-refractivity contribution is 0.0953. The summed E-state index contributed by atoms with van der Waals surface area (Å²) in [4.78, 5) is 15.9. The van der Waals surface area contributed by atoms with Crippen LogP contribution < -0.4 is 10.6 Å². The number of benzene rings is 1. The number of halogens is 2. The molecule has 2 N–H and O–H groups in total. The molecule has 0 saturated heterocycles. The first-order chi connectivity index (χ1) is 10.1. The van der Waals surface area contributed by atoms with Gasteiger partial charge in [0.1, 0.15) is 5.69 Å². The molecule has 1 heterocycles. The molecular weight excluding hydrogens is 309 g/mol. The molecule has 0 aliphatic carbocycles. The van der Waals surface area contributed by atoms with Crippen molar-refractivity contribution in [1.82, 2.24) is 10.3 Å². The van der Waals surface area contributed by atoms with Crippen molar-refractivity contribution in [3.63, 3.8) is 0 Å². The third-order valence-electron chi connectivity index (χ3n) is 2.61. The fourth-order valence-electron chi connectivity index (χ4n) is 1.63. The molecule has 1 aromatic heterocycles. The van der Waals surface area contributed by atoms with Gasteiger partial charge in [0, 0.05) is 24.1 Å². The Morgan fingerprint density at radius 1 is 1.19 bits per heavy atom. The Morgan fingerprint density at radius 3 is 2.67 bits per heavy atom. The highest BCUT2D eigenvalue weighted by molar-refractivity contribution is 6.42. The number of pyridine rings is 1. The monoisotopic (exact) mass is 321 g/mol. The van der Waals surface area contributed by atoms with E-state index in [4.69, 9.17) is 23.2 Å². The van der Waals surface area contributed by atoms with Gasteiger partial charge in [-0.3, -0.25) is 9.78 Å². The van der Waals surface area contributed by atoms with E-state index in [2.05, 4.69) is 22.2 Å². The molecule has 2 rings (SSSR count). The fourth-order valence-corrected chi connectivity index (χ4v) is 1.93. The number of aromatic nitrogens is 1. The van der Waals surface area contributed by atoms with E-state index >= 15 is 0 Å². The van der Waals surface area contributed by atoms with Crippen LogP contribution in [-0.4, -0.2) is 17.4 Å². The van der Waals surface area contributed by atoms with E-state index < -0.39 is 0 Å². The van der Waals surface area contributed by atoms with E-state index in [1.54, 1.807) is 42.6 Å². The molecule has 2 aromatic rings. The Morgan fingerprint density at radius 2 is 1.95 bits per heavy atom. The zero-order chi connectivity index (χ0) is 15.2. The largest absolute Gasteiger partial charge is 0.355 e. The molecule has 0 aliphatic rings. The lowest BCUT2D eigenvalue weighted by atomic mass is 10.2. The van der Waals surface area contributed by atoms with Crippen LogP contribution in [0.3, 0.4) is 0 Å². The van der Waals surface area contributed by atoms with Crippen molar-refractivity contribution in [3.05, 3.63) is 64.9 Å². The predicted molar refractivity (Wildman–Crippen MR) is 86.5 cm³/mol. The Balaban J connectivity index is 2.15. The lowest BCUT2D eigenvalue weighted by Gasteiger charge is -2.09. The average Bonchev–Trinajstić information content (AvgIpc) is 2.49. The van der Waals surface area contributed by atoms with Crippen LogP contribution in [0.2, 0.25) is 10.0 Å². The molecule has 21 heavy (non-hydrogen) atoms. The Bertz CT molecular complexity index is 674. The first-order valence-electron chi connectivity index (χ1n) is 6.17. The third kappa shape index (κ3) is 4.21. The molecule has 0 unspecified atom stereocenters. The maximum absolute atomic E-state index is 11.8. The lowest BCUT2D eigenvalue weighted by Crippen LogP contribution is -2.24. The molecule has 0 fully saturated rings. The highest BCUT2D eigenvalue weighted by Crippen LogP contribution is 2.26. The smallest absolute Gasteiger partial charge is 0.270 e. The minimum Gasteiger partial charge on any atom is -0.355 e. The van der Waals surface area contributed by atoms with Crippen LogP contribution in [0.4, 0.5) is 11.4 Å². The predicted octanol–water partition coefficient (Wildman–Crippen LogP) is 4.05. The van der Waals surface area contributed by atoms with E-state index in [-0.39, 0.29) is 5.91 Å². The number of amides is 1. The number of nitrogens with zero attached hydrogens (tertiary/aromatic N) is 1. The standard InChI is InChI=1S/C15H13Cl2N3O/c1-2-6-19-15(21)14-9-11(5-7-18-14)20-10-3-4-12(16)13(17)8-10/h2-5,7-9H,1,6H2,(H,18,20)(H,19,21). The van der Waals surface area contributed by atoms with Crippen LogP contribution in [0.5, 0.6) is 0 Å². The van der Waals surface area contributed by atoms with Crippen molar-refractivity contribution >= 4 is 40.5 Å². The van der Waals surface area contributed by atoms with Crippen molar-refractivity contribution in [2.24, 2.45) is 0 Å². The number of hydrogen-bond donors (Lipinski definition) is 2. The van der Waals surface area contributed by atoms with Gasteiger partial charge >= 0.3 is 0 Å². The first-order valence-corrected chi connectivity index (χ1v) is 6.93. The van der Waals surface area contributed by atoms with Gasteiger partial charge in [-0.1, -0.05) is 29.3 Å². The van der Waals surface area contributed by atoms with Crippen molar-refractivity contribution in [1.29, 1.82) is 0 Å². The van der Waals surface area contributed by atoms with Crippen LogP contribution >= 0.6 is 23.2 Å². The van der Waals surface area contributed by atoms with Gasteiger partial charge < -0.3 is 10.6 Å². The van der Waals surface area contributed by atoms with E-state index in [1.807, 2.05) is 0 Å². The van der Waals surface area contributed by atoms with Crippen LogP contribution in [0.25, 0.3) is 0 Å². The molecular formula is C15H13Cl2N3O. The SMILES string of the molecule is C=CCNC(=O)c1cc(Nc2ccc(Cl)c(Cl)c2)ccn1. The molecule has 4 nitrogen and oxygen atoms in total. The number of carbonyl (C=O) groups excluding carboxylic acids is 1. The van der Waals surface area contributed by atoms with Gasteiger partial charge in [-0.25, -0.2) is 0 Å². The number of anilines is 2.